The average Bonchev–Trinajstić information content (AvgIpc) is 3.47. The molecule has 0 aromatic heterocycles. The zero-order chi connectivity index (χ0) is 56.7. The largest absolute Gasteiger partial charge is 0.394 e. The number of carbonyl (C=O) groups is 1. The number of hydrogen-bond acceptors (Lipinski definition) is 13. The summed E-state index contributed by atoms with van der Waals surface area (Å²) >= 11 is 0. The second-order valence-corrected chi connectivity index (χ2v) is 20.7. The van der Waals surface area contributed by atoms with Crippen LogP contribution < -0.4 is 5.32 Å². The van der Waals surface area contributed by atoms with E-state index in [2.05, 4.69) is 116 Å². The second kappa shape index (κ2) is 48.4. The lowest BCUT2D eigenvalue weighted by Crippen LogP contribution is -2.65. The molecule has 14 nitrogen and oxygen atoms in total. The van der Waals surface area contributed by atoms with Gasteiger partial charge in [-0.25, -0.2) is 0 Å². The summed E-state index contributed by atoms with van der Waals surface area (Å²) in [6.45, 7) is 2.61. The van der Waals surface area contributed by atoms with Crippen LogP contribution in [0.1, 0.15) is 194 Å². The van der Waals surface area contributed by atoms with E-state index in [1.807, 2.05) is 6.08 Å². The second-order valence-electron chi connectivity index (χ2n) is 20.7. The monoisotopic (exact) mass is 1100 g/mol. The maximum absolute atomic E-state index is 13.2. The molecular formula is C64H107NO13. The molecular weight excluding hydrogens is 991 g/mol. The van der Waals surface area contributed by atoms with Crippen LogP contribution in [0.4, 0.5) is 0 Å². The van der Waals surface area contributed by atoms with Gasteiger partial charge in [-0.2, -0.15) is 0 Å². The normalized spacial score (nSPS) is 25.4. The fourth-order valence-corrected chi connectivity index (χ4v) is 9.11. The maximum atomic E-state index is 13.2. The van der Waals surface area contributed by atoms with Gasteiger partial charge in [0, 0.05) is 6.42 Å². The zero-order valence-corrected chi connectivity index (χ0v) is 47.9. The smallest absolute Gasteiger partial charge is 0.220 e. The van der Waals surface area contributed by atoms with Crippen molar-refractivity contribution in [3.63, 3.8) is 0 Å². The minimum atomic E-state index is -1.79. The fourth-order valence-electron chi connectivity index (χ4n) is 9.11. The number of hydrogen-bond donors (Lipinski definition) is 9. The summed E-state index contributed by atoms with van der Waals surface area (Å²) < 4.78 is 22.7. The van der Waals surface area contributed by atoms with E-state index < -0.39 is 86.8 Å². The van der Waals surface area contributed by atoms with Gasteiger partial charge in [-0.1, -0.05) is 207 Å². The number of unbranched alkanes of at least 4 members (excludes halogenated alkanes) is 17. The van der Waals surface area contributed by atoms with Crippen molar-refractivity contribution in [1.29, 1.82) is 0 Å². The first-order valence-electron chi connectivity index (χ1n) is 30.1. The Kier molecular flexibility index (Phi) is 43.9. The van der Waals surface area contributed by atoms with Crippen molar-refractivity contribution in [2.45, 2.75) is 267 Å². The van der Waals surface area contributed by atoms with Gasteiger partial charge in [0.15, 0.2) is 12.6 Å². The summed E-state index contributed by atoms with van der Waals surface area (Å²) in [6.07, 6.45) is 51.5. The molecule has 2 aliphatic heterocycles. The van der Waals surface area contributed by atoms with Crippen LogP contribution in [-0.2, 0) is 23.7 Å². The third kappa shape index (κ3) is 33.4. The van der Waals surface area contributed by atoms with Gasteiger partial charge in [-0.05, 0) is 89.9 Å². The number of ether oxygens (including phenoxy) is 4. The van der Waals surface area contributed by atoms with Crippen LogP contribution in [0.3, 0.4) is 0 Å². The SMILES string of the molecule is CC/C=C\C/C=C\C/C=C\C/C=C\C/C=C\C/C=C\C/C=C\CCCCCCCCCCCCCC(=O)NC(COC1OC(CO)C(OC2OC(CO)C(O)C(O)C2O)C(O)C1O)C(O)/C=C/CC/C=C/CCCCCCC. The fraction of sp³-hybridized carbons (Fsp3) is 0.703. The van der Waals surface area contributed by atoms with E-state index in [-0.39, 0.29) is 18.9 Å². The van der Waals surface area contributed by atoms with Crippen LogP contribution in [0.15, 0.2) is 109 Å². The molecule has 78 heavy (non-hydrogen) atoms. The molecule has 2 fully saturated rings. The summed E-state index contributed by atoms with van der Waals surface area (Å²) in [7, 11) is 0. The summed E-state index contributed by atoms with van der Waals surface area (Å²) in [6, 6.07) is -0.938. The van der Waals surface area contributed by atoms with E-state index in [0.717, 1.165) is 83.5 Å². The van der Waals surface area contributed by atoms with Gasteiger partial charge in [0.2, 0.25) is 5.91 Å². The molecule has 12 unspecified atom stereocenters. The highest BCUT2D eigenvalue weighted by atomic mass is 16.7. The van der Waals surface area contributed by atoms with E-state index in [1.165, 1.54) is 77.0 Å². The summed E-state index contributed by atoms with van der Waals surface area (Å²) in [4.78, 5) is 13.2. The Balaban J connectivity index is 1.66. The Morgan fingerprint density at radius 1 is 0.474 bits per heavy atom. The van der Waals surface area contributed by atoms with Crippen LogP contribution in [0.25, 0.3) is 0 Å². The van der Waals surface area contributed by atoms with Gasteiger partial charge in [0.05, 0.1) is 32.0 Å². The number of carbonyl (C=O) groups excluding carboxylic acids is 1. The van der Waals surface area contributed by atoms with Crippen molar-refractivity contribution in [2.24, 2.45) is 0 Å². The Morgan fingerprint density at radius 3 is 1.41 bits per heavy atom. The molecule has 2 rings (SSSR count). The van der Waals surface area contributed by atoms with Crippen molar-refractivity contribution in [2.75, 3.05) is 19.8 Å². The molecule has 0 aromatic rings. The van der Waals surface area contributed by atoms with Gasteiger partial charge in [-0.3, -0.25) is 4.79 Å². The summed E-state index contributed by atoms with van der Waals surface area (Å²) in [5.41, 5.74) is 0. The Labute approximate surface area is 470 Å². The predicted octanol–water partition coefficient (Wildman–Crippen LogP) is 10.4. The number of nitrogens with one attached hydrogen (secondary N) is 1. The molecule has 2 aliphatic rings. The van der Waals surface area contributed by atoms with Crippen molar-refractivity contribution in [3.8, 4) is 0 Å². The van der Waals surface area contributed by atoms with Crippen LogP contribution in [0, 0.1) is 0 Å². The topological polar surface area (TPSA) is 228 Å². The third-order valence-corrected chi connectivity index (χ3v) is 13.9. The lowest BCUT2D eigenvalue weighted by atomic mass is 9.97. The highest BCUT2D eigenvalue weighted by molar-refractivity contribution is 5.76. The predicted molar refractivity (Wildman–Crippen MR) is 313 cm³/mol. The standard InChI is InChI=1S/C64H107NO13/c1-3-5-7-9-11-13-15-16-17-18-19-20-21-22-23-24-25-26-27-28-29-30-31-32-33-34-35-36-38-40-42-44-46-48-56(69)65-52(53(68)47-45-43-41-39-37-14-12-10-8-6-4-2)51-75-63-61(74)59(72)62(55(50-67)77-63)78-64-60(73)58(71)57(70)54(49-66)76-64/h5,7,11,13,16-17,19-20,22-23,25-26,28-29,37,39,45,47,52-55,57-64,66-68,70-74H,3-4,6,8-10,12,14-15,18,21,24,27,30-36,38,40-44,46,48-51H2,1-2H3,(H,65,69)/b7-5-,13-11-,17-16-,20-19-,23-22-,26-25-,29-28-,39-37+,47-45+. The van der Waals surface area contributed by atoms with Crippen molar-refractivity contribution in [1.82, 2.24) is 5.32 Å². The molecule has 12 atom stereocenters. The van der Waals surface area contributed by atoms with E-state index >= 15 is 0 Å². The number of aliphatic hydroxyl groups is 8. The van der Waals surface area contributed by atoms with E-state index in [9.17, 15) is 45.6 Å². The molecule has 1 amide bonds. The first-order chi connectivity index (χ1) is 38.1. The van der Waals surface area contributed by atoms with Crippen molar-refractivity contribution < 1.29 is 64.6 Å². The summed E-state index contributed by atoms with van der Waals surface area (Å²) in [5, 5.41) is 86.9. The molecule has 0 saturated carbocycles. The highest BCUT2D eigenvalue weighted by Gasteiger charge is 2.51. The molecule has 0 bridgehead atoms. The molecule has 0 aromatic carbocycles. The molecule has 0 spiro atoms. The first kappa shape index (κ1) is 70.8. The quantitative estimate of drug-likeness (QED) is 0.0204. The number of amides is 1. The highest BCUT2D eigenvalue weighted by Crippen LogP contribution is 2.30. The lowest BCUT2D eigenvalue weighted by Gasteiger charge is -2.46. The van der Waals surface area contributed by atoms with Gasteiger partial charge in [0.1, 0.15) is 48.8 Å². The Hall–Kier alpha value is -3.35. The van der Waals surface area contributed by atoms with E-state index in [0.29, 0.717) is 12.8 Å². The van der Waals surface area contributed by atoms with Crippen LogP contribution >= 0.6 is 0 Å². The van der Waals surface area contributed by atoms with Crippen LogP contribution in [0.5, 0.6) is 0 Å². The molecule has 14 heteroatoms. The van der Waals surface area contributed by atoms with Crippen molar-refractivity contribution in [3.05, 3.63) is 109 Å². The van der Waals surface area contributed by atoms with Crippen LogP contribution in [-0.4, -0.2) is 140 Å². The minimum Gasteiger partial charge on any atom is -0.394 e. The van der Waals surface area contributed by atoms with Gasteiger partial charge >= 0.3 is 0 Å². The van der Waals surface area contributed by atoms with Crippen molar-refractivity contribution >= 4 is 5.91 Å². The Bertz CT molecular complexity index is 1720. The minimum absolute atomic E-state index is 0.260. The van der Waals surface area contributed by atoms with Gasteiger partial charge in [-0.15, -0.1) is 0 Å². The Morgan fingerprint density at radius 2 is 0.897 bits per heavy atom. The molecule has 0 aliphatic carbocycles. The van der Waals surface area contributed by atoms with E-state index in [1.54, 1.807) is 6.08 Å². The average molecular weight is 1100 g/mol. The number of aliphatic hydroxyl groups excluding tert-OH is 8. The number of rotatable bonds is 46. The van der Waals surface area contributed by atoms with E-state index in [4.69, 9.17) is 18.9 Å². The van der Waals surface area contributed by atoms with Gasteiger partial charge in [0.25, 0.3) is 0 Å². The van der Waals surface area contributed by atoms with Crippen LogP contribution in [0.2, 0.25) is 0 Å². The summed E-state index contributed by atoms with van der Waals surface area (Å²) in [5.74, 6) is -0.260. The zero-order valence-electron chi connectivity index (χ0n) is 47.9. The molecule has 446 valence electrons. The molecule has 2 heterocycles. The molecule has 9 N–H and O–H groups in total. The maximum Gasteiger partial charge on any atom is 0.220 e. The first-order valence-corrected chi connectivity index (χ1v) is 30.1. The lowest BCUT2D eigenvalue weighted by molar-refractivity contribution is -0.359. The molecule has 0 radical (unpaired) electrons. The molecule has 2 saturated heterocycles. The number of allylic oxidation sites excluding steroid dienone is 17. The van der Waals surface area contributed by atoms with Gasteiger partial charge < -0.3 is 65.1 Å². The third-order valence-electron chi connectivity index (χ3n) is 13.9.